The second-order valence-electron chi connectivity index (χ2n) is 3.38. The Labute approximate surface area is 98.6 Å². The van der Waals surface area contributed by atoms with E-state index < -0.39 is 0 Å². The lowest BCUT2D eigenvalue weighted by Gasteiger charge is -2.06. The predicted octanol–water partition coefficient (Wildman–Crippen LogP) is 4.16. The van der Waals surface area contributed by atoms with Gasteiger partial charge in [0.15, 0.2) is 0 Å². The van der Waals surface area contributed by atoms with Crippen molar-refractivity contribution in [3.63, 3.8) is 0 Å². The van der Waals surface area contributed by atoms with Crippen LogP contribution < -0.4 is 0 Å². The molecule has 0 bridgehead atoms. The van der Waals surface area contributed by atoms with Crippen LogP contribution in [0.4, 0.5) is 0 Å². The van der Waals surface area contributed by atoms with E-state index in [4.69, 9.17) is 0 Å². The van der Waals surface area contributed by atoms with E-state index in [1.807, 2.05) is 11.8 Å². The summed E-state index contributed by atoms with van der Waals surface area (Å²) >= 11 is 4.41. The molecular weight excluding hydrogens is 291 g/mol. The fraction of sp³-hybridized carbons (Fsp3) is 0.455. The zero-order valence-corrected chi connectivity index (χ0v) is 11.1. The lowest BCUT2D eigenvalue weighted by molar-refractivity contribution is 0.777. The van der Waals surface area contributed by atoms with Crippen LogP contribution in [0.2, 0.25) is 0 Å². The molecule has 0 aromatic heterocycles. The summed E-state index contributed by atoms with van der Waals surface area (Å²) in [5.41, 5.74) is 1.34. The van der Waals surface area contributed by atoms with Crippen LogP contribution in [0.25, 0.3) is 0 Å². The predicted molar refractivity (Wildman–Crippen MR) is 70.0 cm³/mol. The van der Waals surface area contributed by atoms with Gasteiger partial charge in [-0.25, -0.2) is 0 Å². The smallest absolute Gasteiger partial charge is 0.00722 e. The summed E-state index contributed by atoms with van der Waals surface area (Å²) in [6, 6.07) is 8.77. The van der Waals surface area contributed by atoms with Crippen molar-refractivity contribution in [3.05, 3.63) is 29.8 Å². The first-order valence-corrected chi connectivity index (χ1v) is 6.99. The van der Waals surface area contributed by atoms with Crippen molar-refractivity contribution in [3.8, 4) is 0 Å². The van der Waals surface area contributed by atoms with Gasteiger partial charge >= 0.3 is 0 Å². The van der Waals surface area contributed by atoms with Gasteiger partial charge < -0.3 is 0 Å². The Morgan fingerprint density at radius 1 is 1.31 bits per heavy atom. The van der Waals surface area contributed by atoms with E-state index in [0.717, 1.165) is 5.92 Å². The second kappa shape index (κ2) is 5.91. The third-order valence-electron chi connectivity index (χ3n) is 1.82. The van der Waals surface area contributed by atoms with E-state index in [-0.39, 0.29) is 0 Å². The van der Waals surface area contributed by atoms with Crippen LogP contribution in [0.1, 0.15) is 12.5 Å². The summed E-state index contributed by atoms with van der Waals surface area (Å²) in [4.78, 5) is 1.39. The molecule has 0 heterocycles. The monoisotopic (exact) mass is 306 g/mol. The third-order valence-corrected chi connectivity index (χ3v) is 4.66. The standard InChI is InChI=1S/C11H15IS/c1-9-3-5-11(6-4-9)13-8-10(2)7-12/h3-6,10H,7-8H2,1-2H3. The van der Waals surface area contributed by atoms with Gasteiger partial charge in [0.1, 0.15) is 0 Å². The maximum absolute atomic E-state index is 2.45. The Morgan fingerprint density at radius 2 is 1.92 bits per heavy atom. The molecule has 1 aromatic rings. The molecule has 1 aromatic carbocycles. The summed E-state index contributed by atoms with van der Waals surface area (Å²) in [6.07, 6.45) is 0. The zero-order valence-electron chi connectivity index (χ0n) is 8.09. The van der Waals surface area contributed by atoms with Gasteiger partial charge in [-0.05, 0) is 25.0 Å². The van der Waals surface area contributed by atoms with E-state index in [1.54, 1.807) is 0 Å². The van der Waals surface area contributed by atoms with Gasteiger partial charge in [0.25, 0.3) is 0 Å². The van der Waals surface area contributed by atoms with Crippen LogP contribution >= 0.6 is 34.4 Å². The molecule has 0 aliphatic carbocycles. The van der Waals surface area contributed by atoms with Gasteiger partial charge in [0.2, 0.25) is 0 Å². The number of hydrogen-bond donors (Lipinski definition) is 0. The summed E-state index contributed by atoms with van der Waals surface area (Å²) in [6.45, 7) is 4.43. The molecule has 0 fully saturated rings. The van der Waals surface area contributed by atoms with Crippen molar-refractivity contribution >= 4 is 34.4 Å². The Kier molecular flexibility index (Phi) is 5.17. The highest BCUT2D eigenvalue weighted by atomic mass is 127. The van der Waals surface area contributed by atoms with E-state index >= 15 is 0 Å². The number of hydrogen-bond acceptors (Lipinski definition) is 1. The molecule has 0 saturated heterocycles. The number of rotatable bonds is 4. The Balaban J connectivity index is 2.41. The van der Waals surface area contributed by atoms with Gasteiger partial charge in [0, 0.05) is 15.1 Å². The minimum atomic E-state index is 0.812. The largest absolute Gasteiger partial charge is 0.126 e. The van der Waals surface area contributed by atoms with Gasteiger partial charge in [-0.15, -0.1) is 11.8 Å². The summed E-state index contributed by atoms with van der Waals surface area (Å²) in [5, 5.41) is 0. The molecule has 0 spiro atoms. The van der Waals surface area contributed by atoms with Crippen LogP contribution in [0.15, 0.2) is 29.2 Å². The fourth-order valence-corrected chi connectivity index (χ4v) is 2.57. The average Bonchev–Trinajstić information content (AvgIpc) is 2.16. The third kappa shape index (κ3) is 4.36. The second-order valence-corrected chi connectivity index (χ2v) is 5.36. The summed E-state index contributed by atoms with van der Waals surface area (Å²) in [5.74, 6) is 2.04. The summed E-state index contributed by atoms with van der Waals surface area (Å²) in [7, 11) is 0. The van der Waals surface area contributed by atoms with Crippen molar-refractivity contribution in [2.24, 2.45) is 5.92 Å². The lowest BCUT2D eigenvalue weighted by Crippen LogP contribution is -1.98. The topological polar surface area (TPSA) is 0 Å². The number of thioether (sulfide) groups is 1. The molecule has 1 rings (SSSR count). The first kappa shape index (κ1) is 11.4. The summed E-state index contributed by atoms with van der Waals surface area (Å²) < 4.78 is 1.25. The van der Waals surface area contributed by atoms with E-state index in [9.17, 15) is 0 Å². The van der Waals surface area contributed by atoms with Gasteiger partial charge in [-0.1, -0.05) is 47.2 Å². The minimum Gasteiger partial charge on any atom is -0.126 e. The van der Waals surface area contributed by atoms with Gasteiger partial charge in [-0.3, -0.25) is 0 Å². The highest BCUT2D eigenvalue weighted by molar-refractivity contribution is 14.1. The number of aryl methyl sites for hydroxylation is 1. The fourth-order valence-electron chi connectivity index (χ4n) is 0.918. The molecule has 13 heavy (non-hydrogen) atoms. The van der Waals surface area contributed by atoms with Crippen molar-refractivity contribution in [2.45, 2.75) is 18.7 Å². The molecular formula is C11H15IS. The van der Waals surface area contributed by atoms with Crippen molar-refractivity contribution in [2.75, 3.05) is 10.2 Å². The molecule has 2 heteroatoms. The van der Waals surface area contributed by atoms with Crippen molar-refractivity contribution in [1.29, 1.82) is 0 Å². The van der Waals surface area contributed by atoms with E-state index in [0.29, 0.717) is 0 Å². The molecule has 0 nitrogen and oxygen atoms in total. The molecule has 0 saturated carbocycles. The molecule has 0 amide bonds. The Morgan fingerprint density at radius 3 is 2.46 bits per heavy atom. The van der Waals surface area contributed by atoms with Crippen LogP contribution in [0.3, 0.4) is 0 Å². The molecule has 0 radical (unpaired) electrons. The SMILES string of the molecule is Cc1ccc(SCC(C)CI)cc1. The number of halogens is 1. The maximum atomic E-state index is 2.45. The number of benzene rings is 1. The van der Waals surface area contributed by atoms with Crippen molar-refractivity contribution < 1.29 is 0 Å². The van der Waals surface area contributed by atoms with Crippen LogP contribution in [0.5, 0.6) is 0 Å². The molecule has 72 valence electrons. The van der Waals surface area contributed by atoms with Crippen molar-refractivity contribution in [1.82, 2.24) is 0 Å². The minimum absolute atomic E-state index is 0.812. The first-order valence-electron chi connectivity index (χ1n) is 4.48. The Bertz CT molecular complexity index is 243. The lowest BCUT2D eigenvalue weighted by atomic mass is 10.2. The normalized spacial score (nSPS) is 12.8. The first-order chi connectivity index (χ1) is 6.22. The highest BCUT2D eigenvalue weighted by Crippen LogP contribution is 2.21. The quantitative estimate of drug-likeness (QED) is 0.457. The molecule has 0 N–H and O–H groups in total. The molecule has 1 atom stereocenters. The zero-order chi connectivity index (χ0) is 9.68. The highest BCUT2D eigenvalue weighted by Gasteiger charge is 2.00. The average molecular weight is 306 g/mol. The molecule has 0 aliphatic rings. The van der Waals surface area contributed by atoms with E-state index in [1.165, 1.54) is 20.6 Å². The maximum Gasteiger partial charge on any atom is 0.00722 e. The van der Waals surface area contributed by atoms with Crippen LogP contribution in [-0.4, -0.2) is 10.2 Å². The van der Waals surface area contributed by atoms with Gasteiger partial charge in [-0.2, -0.15) is 0 Å². The van der Waals surface area contributed by atoms with Crippen LogP contribution in [-0.2, 0) is 0 Å². The molecule has 1 unspecified atom stereocenters. The Hall–Kier alpha value is 0.300. The molecule has 0 aliphatic heterocycles. The van der Waals surface area contributed by atoms with Gasteiger partial charge in [0.05, 0.1) is 0 Å². The van der Waals surface area contributed by atoms with Crippen LogP contribution in [0, 0.1) is 12.8 Å². The van der Waals surface area contributed by atoms with E-state index in [2.05, 4.69) is 60.7 Å². The number of alkyl halides is 1.